The van der Waals surface area contributed by atoms with Crippen molar-refractivity contribution < 1.29 is 32.6 Å². The zero-order valence-electron chi connectivity index (χ0n) is 19.7. The van der Waals surface area contributed by atoms with Gasteiger partial charge in [0.05, 0.1) is 11.5 Å². The summed E-state index contributed by atoms with van der Waals surface area (Å²) in [5, 5.41) is 1.95. The number of hydrogen-bond donors (Lipinski definition) is 1. The molecule has 4 rings (SSSR count). The molecule has 3 aromatic rings. The molecule has 0 aliphatic carbocycles. The molecule has 0 spiro atoms. The number of thioether (sulfide) groups is 1. The topological polar surface area (TPSA) is 84.9 Å². The second-order valence-electron chi connectivity index (χ2n) is 7.88. The number of rotatable bonds is 9. The van der Waals surface area contributed by atoms with Gasteiger partial charge < -0.3 is 14.8 Å². The SMILES string of the molecule is CCOc1cc(/C=C2\SC(=O)N(CC(=O)Nc3ccc(F)cc3)C2=O)ccc1OCc1ccc(F)cc1. The highest BCUT2D eigenvalue weighted by Gasteiger charge is 2.36. The van der Waals surface area contributed by atoms with E-state index in [0.717, 1.165) is 22.2 Å². The predicted molar refractivity (Wildman–Crippen MR) is 136 cm³/mol. The van der Waals surface area contributed by atoms with Gasteiger partial charge in [-0.2, -0.15) is 0 Å². The second kappa shape index (κ2) is 11.7. The van der Waals surface area contributed by atoms with Crippen molar-refractivity contribution in [2.75, 3.05) is 18.5 Å². The Labute approximate surface area is 216 Å². The van der Waals surface area contributed by atoms with Crippen molar-refractivity contribution in [2.24, 2.45) is 0 Å². The number of ether oxygens (including phenoxy) is 2. The van der Waals surface area contributed by atoms with E-state index in [-0.39, 0.29) is 17.3 Å². The molecule has 3 aromatic carbocycles. The van der Waals surface area contributed by atoms with Gasteiger partial charge in [-0.15, -0.1) is 0 Å². The summed E-state index contributed by atoms with van der Waals surface area (Å²) in [6.07, 6.45) is 1.54. The Hall–Kier alpha value is -4.18. The van der Waals surface area contributed by atoms with Gasteiger partial charge in [0, 0.05) is 5.69 Å². The van der Waals surface area contributed by atoms with E-state index in [2.05, 4.69) is 5.32 Å². The summed E-state index contributed by atoms with van der Waals surface area (Å²) in [5.74, 6) is -1.06. The highest BCUT2D eigenvalue weighted by atomic mass is 32.2. The van der Waals surface area contributed by atoms with Crippen LogP contribution in [-0.2, 0) is 16.2 Å². The van der Waals surface area contributed by atoms with Gasteiger partial charge in [-0.05, 0) is 84.4 Å². The van der Waals surface area contributed by atoms with Crippen molar-refractivity contribution in [3.05, 3.63) is 94.4 Å². The van der Waals surface area contributed by atoms with E-state index in [9.17, 15) is 23.2 Å². The van der Waals surface area contributed by atoms with Gasteiger partial charge in [0.25, 0.3) is 11.1 Å². The van der Waals surface area contributed by atoms with Crippen LogP contribution >= 0.6 is 11.8 Å². The van der Waals surface area contributed by atoms with E-state index in [1.165, 1.54) is 42.5 Å². The minimum absolute atomic E-state index is 0.155. The number of carbonyl (C=O) groups excluding carboxylic acids is 3. The first kappa shape index (κ1) is 25.9. The summed E-state index contributed by atoms with van der Waals surface area (Å²) in [6.45, 7) is 1.92. The maximum Gasteiger partial charge on any atom is 0.294 e. The van der Waals surface area contributed by atoms with Gasteiger partial charge in [0.2, 0.25) is 5.91 Å². The lowest BCUT2D eigenvalue weighted by Gasteiger charge is -2.13. The van der Waals surface area contributed by atoms with Crippen molar-refractivity contribution in [2.45, 2.75) is 13.5 Å². The molecule has 1 fully saturated rings. The minimum atomic E-state index is -0.598. The lowest BCUT2D eigenvalue weighted by Crippen LogP contribution is -2.36. The van der Waals surface area contributed by atoms with Crippen molar-refractivity contribution in [1.82, 2.24) is 4.90 Å². The number of anilines is 1. The van der Waals surface area contributed by atoms with E-state index in [1.807, 2.05) is 6.92 Å². The molecule has 1 N–H and O–H groups in total. The maximum absolute atomic E-state index is 13.1. The van der Waals surface area contributed by atoms with Crippen LogP contribution in [0.4, 0.5) is 19.3 Å². The molecule has 0 unspecified atom stereocenters. The fraction of sp³-hybridized carbons (Fsp3) is 0.148. The first-order valence-electron chi connectivity index (χ1n) is 11.3. The molecular weight excluding hydrogens is 502 g/mol. The number of hydrogen-bond acceptors (Lipinski definition) is 6. The zero-order valence-corrected chi connectivity index (χ0v) is 20.5. The number of carbonyl (C=O) groups is 3. The van der Waals surface area contributed by atoms with Crippen LogP contribution in [0.3, 0.4) is 0 Å². The lowest BCUT2D eigenvalue weighted by atomic mass is 10.1. The maximum atomic E-state index is 13.1. The van der Waals surface area contributed by atoms with E-state index in [0.29, 0.717) is 29.4 Å². The van der Waals surface area contributed by atoms with Crippen LogP contribution in [0.1, 0.15) is 18.1 Å². The van der Waals surface area contributed by atoms with Gasteiger partial charge in [-0.25, -0.2) is 8.78 Å². The highest BCUT2D eigenvalue weighted by Crippen LogP contribution is 2.35. The number of nitrogens with zero attached hydrogens (tertiary/aromatic N) is 1. The standard InChI is InChI=1S/C27H22F2N2O5S/c1-2-35-23-13-18(5-12-22(23)36-16-17-3-6-19(28)7-4-17)14-24-26(33)31(27(34)37-24)15-25(32)30-21-10-8-20(29)9-11-21/h3-14H,2,15-16H2,1H3,(H,30,32)/b24-14-. The van der Waals surface area contributed by atoms with Crippen molar-refractivity contribution >= 4 is 40.6 Å². The first-order chi connectivity index (χ1) is 17.8. The normalized spacial score (nSPS) is 14.2. The second-order valence-corrected chi connectivity index (χ2v) is 8.87. The summed E-state index contributed by atoms with van der Waals surface area (Å²) >= 11 is 0.725. The molecule has 0 radical (unpaired) electrons. The number of nitrogens with one attached hydrogen (secondary N) is 1. The van der Waals surface area contributed by atoms with Crippen LogP contribution in [0, 0.1) is 11.6 Å². The largest absolute Gasteiger partial charge is 0.490 e. The summed E-state index contributed by atoms with van der Waals surface area (Å²) in [7, 11) is 0. The predicted octanol–water partition coefficient (Wildman–Crippen LogP) is 5.62. The Morgan fingerprint density at radius 1 is 0.946 bits per heavy atom. The van der Waals surface area contributed by atoms with Gasteiger partial charge in [0.1, 0.15) is 24.8 Å². The molecule has 10 heteroatoms. The molecule has 190 valence electrons. The van der Waals surface area contributed by atoms with Gasteiger partial charge in [0.15, 0.2) is 11.5 Å². The summed E-state index contributed by atoms with van der Waals surface area (Å²) in [6, 6.07) is 16.2. The van der Waals surface area contributed by atoms with Crippen molar-refractivity contribution in [3.63, 3.8) is 0 Å². The molecule has 7 nitrogen and oxygen atoms in total. The minimum Gasteiger partial charge on any atom is -0.490 e. The fourth-order valence-corrected chi connectivity index (χ4v) is 4.25. The van der Waals surface area contributed by atoms with Crippen LogP contribution in [0.15, 0.2) is 71.6 Å². The van der Waals surface area contributed by atoms with Crippen molar-refractivity contribution in [3.8, 4) is 11.5 Å². The van der Waals surface area contributed by atoms with Crippen LogP contribution < -0.4 is 14.8 Å². The molecule has 1 aliphatic heterocycles. The third-order valence-corrected chi connectivity index (χ3v) is 6.08. The molecule has 3 amide bonds. The smallest absolute Gasteiger partial charge is 0.294 e. The van der Waals surface area contributed by atoms with E-state index in [1.54, 1.807) is 30.3 Å². The quantitative estimate of drug-likeness (QED) is 0.366. The Morgan fingerprint density at radius 3 is 2.30 bits per heavy atom. The Bertz CT molecular complexity index is 1340. The monoisotopic (exact) mass is 524 g/mol. The first-order valence-corrected chi connectivity index (χ1v) is 12.1. The number of imide groups is 1. The van der Waals surface area contributed by atoms with Crippen LogP contribution in [-0.4, -0.2) is 35.1 Å². The number of amides is 3. The molecule has 37 heavy (non-hydrogen) atoms. The van der Waals surface area contributed by atoms with Gasteiger partial charge in [-0.3, -0.25) is 19.3 Å². The van der Waals surface area contributed by atoms with Crippen LogP contribution in [0.2, 0.25) is 0 Å². The summed E-state index contributed by atoms with van der Waals surface area (Å²) in [4.78, 5) is 38.5. The highest BCUT2D eigenvalue weighted by molar-refractivity contribution is 8.18. The number of benzene rings is 3. The Kier molecular flexibility index (Phi) is 8.19. The lowest BCUT2D eigenvalue weighted by molar-refractivity contribution is -0.127. The fourth-order valence-electron chi connectivity index (χ4n) is 3.41. The molecule has 0 saturated carbocycles. The molecule has 1 saturated heterocycles. The van der Waals surface area contributed by atoms with E-state index >= 15 is 0 Å². The molecule has 0 bridgehead atoms. The molecule has 1 aliphatic rings. The average Bonchev–Trinajstić information content (AvgIpc) is 3.13. The third-order valence-electron chi connectivity index (χ3n) is 5.18. The van der Waals surface area contributed by atoms with E-state index < -0.39 is 29.4 Å². The molecule has 0 aromatic heterocycles. The summed E-state index contributed by atoms with van der Waals surface area (Å²) in [5.41, 5.74) is 1.73. The average molecular weight is 525 g/mol. The van der Waals surface area contributed by atoms with Crippen LogP contribution in [0.25, 0.3) is 6.08 Å². The summed E-state index contributed by atoms with van der Waals surface area (Å²) < 4.78 is 37.7. The Balaban J connectivity index is 1.44. The molecular formula is C27H22F2N2O5S. The van der Waals surface area contributed by atoms with Gasteiger partial charge >= 0.3 is 0 Å². The molecule has 1 heterocycles. The number of halogens is 2. The third kappa shape index (κ3) is 6.73. The van der Waals surface area contributed by atoms with E-state index in [4.69, 9.17) is 9.47 Å². The van der Waals surface area contributed by atoms with Crippen LogP contribution in [0.5, 0.6) is 11.5 Å². The Morgan fingerprint density at radius 2 is 1.62 bits per heavy atom. The zero-order chi connectivity index (χ0) is 26.4. The molecule has 0 atom stereocenters. The van der Waals surface area contributed by atoms with Gasteiger partial charge in [-0.1, -0.05) is 18.2 Å². The van der Waals surface area contributed by atoms with Crippen molar-refractivity contribution in [1.29, 1.82) is 0 Å².